The van der Waals surface area contributed by atoms with Gasteiger partial charge in [-0.05, 0) is 27.9 Å². The molecule has 0 amide bonds. The molecule has 0 spiro atoms. The summed E-state index contributed by atoms with van der Waals surface area (Å²) in [5, 5.41) is 8.90. The van der Waals surface area contributed by atoms with Crippen molar-refractivity contribution in [1.82, 2.24) is 4.72 Å². The highest BCUT2D eigenvalue weighted by atomic mass is 79.9. The van der Waals surface area contributed by atoms with Crippen molar-refractivity contribution in [1.29, 1.82) is 0 Å². The van der Waals surface area contributed by atoms with Gasteiger partial charge in [0.25, 0.3) is 0 Å². The number of aliphatic carboxylic acids is 1. The van der Waals surface area contributed by atoms with Gasteiger partial charge in [0, 0.05) is 13.0 Å². The smallest absolute Gasteiger partial charge is 0.303 e. The van der Waals surface area contributed by atoms with Gasteiger partial charge in [0.2, 0.25) is 10.0 Å². The van der Waals surface area contributed by atoms with Gasteiger partial charge in [0.1, 0.15) is 4.21 Å². The molecule has 2 N–H and O–H groups in total. The molecule has 0 aliphatic carbocycles. The van der Waals surface area contributed by atoms with Crippen LogP contribution in [0.4, 0.5) is 0 Å². The van der Waals surface area contributed by atoms with E-state index in [0.717, 1.165) is 11.3 Å². The Bertz CT molecular complexity index is 523. The van der Waals surface area contributed by atoms with E-state index in [2.05, 4.69) is 20.7 Å². The minimum atomic E-state index is -3.63. The van der Waals surface area contributed by atoms with Crippen molar-refractivity contribution < 1.29 is 18.3 Å². The summed E-state index contributed by atoms with van der Waals surface area (Å²) in [5.74, 6) is -1.24. The van der Waals surface area contributed by atoms with Gasteiger partial charge in [-0.2, -0.15) is 0 Å². The lowest BCUT2D eigenvalue weighted by Crippen LogP contribution is -2.28. The Labute approximate surface area is 122 Å². The van der Waals surface area contributed by atoms with Crippen molar-refractivity contribution in [2.45, 2.75) is 17.6 Å². The summed E-state index contributed by atoms with van der Waals surface area (Å²) in [7, 11) is -3.63. The number of nitrogens with one attached hydrogen (secondary N) is 1. The van der Waals surface area contributed by atoms with Crippen LogP contribution in [-0.2, 0) is 14.8 Å². The molecule has 18 heavy (non-hydrogen) atoms. The first-order valence-electron chi connectivity index (χ1n) is 4.88. The summed E-state index contributed by atoms with van der Waals surface area (Å²) < 4.78 is 26.7. The summed E-state index contributed by atoms with van der Waals surface area (Å²) in [4.78, 5) is 10.5. The van der Waals surface area contributed by atoms with Crippen LogP contribution in [0.3, 0.4) is 0 Å². The van der Waals surface area contributed by atoms with Crippen LogP contribution in [0.25, 0.3) is 0 Å². The molecule has 0 fully saturated rings. The van der Waals surface area contributed by atoms with Crippen LogP contribution in [0, 0.1) is 5.92 Å². The number of carboxylic acid groups (broad SMARTS) is 1. The SMILES string of the molecule is CC(CNS(=O)(=O)c1cc(Cl)c(Br)s1)CC(=O)O. The van der Waals surface area contributed by atoms with E-state index in [1.807, 2.05) is 0 Å². The highest BCUT2D eigenvalue weighted by Crippen LogP contribution is 2.34. The molecule has 0 aromatic carbocycles. The van der Waals surface area contributed by atoms with Gasteiger partial charge in [-0.1, -0.05) is 18.5 Å². The highest BCUT2D eigenvalue weighted by Gasteiger charge is 2.20. The predicted octanol–water partition coefficient (Wildman–Crippen LogP) is 2.55. The molecule has 9 heteroatoms. The zero-order valence-electron chi connectivity index (χ0n) is 9.31. The first kappa shape index (κ1) is 15.9. The van der Waals surface area contributed by atoms with Gasteiger partial charge in [-0.15, -0.1) is 11.3 Å². The molecule has 102 valence electrons. The summed E-state index contributed by atoms with van der Waals surface area (Å²) in [6.45, 7) is 1.73. The molecule has 5 nitrogen and oxygen atoms in total. The number of hydrogen-bond acceptors (Lipinski definition) is 4. The molecule has 0 aliphatic rings. The zero-order valence-corrected chi connectivity index (χ0v) is 13.3. The fraction of sp³-hybridized carbons (Fsp3) is 0.444. The zero-order chi connectivity index (χ0) is 13.9. The maximum Gasteiger partial charge on any atom is 0.303 e. The average molecular weight is 377 g/mol. The Morgan fingerprint density at radius 2 is 2.28 bits per heavy atom. The van der Waals surface area contributed by atoms with Gasteiger partial charge in [0.05, 0.1) is 8.81 Å². The van der Waals surface area contributed by atoms with Crippen molar-refractivity contribution >= 4 is 54.9 Å². The molecular formula is C9H11BrClNO4S2. The molecule has 1 rings (SSSR count). The molecule has 0 radical (unpaired) electrons. The van der Waals surface area contributed by atoms with Crippen molar-refractivity contribution in [3.05, 3.63) is 14.9 Å². The van der Waals surface area contributed by atoms with Crippen molar-refractivity contribution in [3.8, 4) is 0 Å². The third-order valence-corrected chi connectivity index (χ3v) is 6.40. The van der Waals surface area contributed by atoms with Crippen LogP contribution >= 0.6 is 38.9 Å². The summed E-state index contributed by atoms with van der Waals surface area (Å²) in [6.07, 6.45) is -0.0859. The third kappa shape index (κ3) is 4.51. The second-order valence-corrected chi connectivity index (χ2v) is 8.51. The largest absolute Gasteiger partial charge is 0.481 e. The predicted molar refractivity (Wildman–Crippen MR) is 73.6 cm³/mol. The van der Waals surface area contributed by atoms with Crippen LogP contribution in [0.1, 0.15) is 13.3 Å². The second kappa shape index (κ2) is 6.33. The first-order chi connectivity index (χ1) is 8.22. The number of halogens is 2. The minimum Gasteiger partial charge on any atom is -0.481 e. The quantitative estimate of drug-likeness (QED) is 0.799. The third-order valence-electron chi connectivity index (χ3n) is 2.03. The van der Waals surface area contributed by atoms with Gasteiger partial charge in [-0.25, -0.2) is 13.1 Å². The summed E-state index contributed by atoms with van der Waals surface area (Å²) in [6, 6.07) is 1.35. The van der Waals surface area contributed by atoms with Crippen LogP contribution in [-0.4, -0.2) is 26.0 Å². The Morgan fingerprint density at radius 3 is 2.72 bits per heavy atom. The van der Waals surface area contributed by atoms with E-state index < -0.39 is 16.0 Å². The molecular weight excluding hydrogens is 366 g/mol. The van der Waals surface area contributed by atoms with Crippen LogP contribution in [0.2, 0.25) is 5.02 Å². The lowest BCUT2D eigenvalue weighted by atomic mass is 10.1. The fourth-order valence-electron chi connectivity index (χ4n) is 1.15. The second-order valence-electron chi connectivity index (χ2n) is 3.74. The molecule has 0 bridgehead atoms. The van der Waals surface area contributed by atoms with Crippen molar-refractivity contribution in [2.24, 2.45) is 5.92 Å². The van der Waals surface area contributed by atoms with E-state index >= 15 is 0 Å². The van der Waals surface area contributed by atoms with Gasteiger partial charge < -0.3 is 5.11 Å². The Morgan fingerprint density at radius 1 is 1.67 bits per heavy atom. The normalized spacial score (nSPS) is 13.5. The maximum absolute atomic E-state index is 11.9. The Kier molecular flexibility index (Phi) is 5.60. The van der Waals surface area contributed by atoms with E-state index in [1.54, 1.807) is 6.92 Å². The van der Waals surface area contributed by atoms with Crippen LogP contribution < -0.4 is 4.72 Å². The van der Waals surface area contributed by atoms with E-state index in [9.17, 15) is 13.2 Å². The lowest BCUT2D eigenvalue weighted by Gasteiger charge is -2.09. The van der Waals surface area contributed by atoms with E-state index in [0.29, 0.717) is 8.81 Å². The lowest BCUT2D eigenvalue weighted by molar-refractivity contribution is -0.137. The molecule has 0 saturated heterocycles. The molecule has 1 heterocycles. The van der Waals surface area contributed by atoms with Crippen LogP contribution in [0.5, 0.6) is 0 Å². The Hall–Kier alpha value is -0.150. The number of carbonyl (C=O) groups is 1. The van der Waals surface area contributed by atoms with Gasteiger partial charge in [-0.3, -0.25) is 4.79 Å². The molecule has 1 aromatic heterocycles. The number of hydrogen-bond donors (Lipinski definition) is 2. The van der Waals surface area contributed by atoms with E-state index in [4.69, 9.17) is 16.7 Å². The minimum absolute atomic E-state index is 0.0712. The van der Waals surface area contributed by atoms with Crippen molar-refractivity contribution in [3.63, 3.8) is 0 Å². The van der Waals surface area contributed by atoms with Gasteiger partial charge in [0.15, 0.2) is 0 Å². The number of sulfonamides is 1. The van der Waals surface area contributed by atoms with Gasteiger partial charge >= 0.3 is 5.97 Å². The number of rotatable bonds is 6. The topological polar surface area (TPSA) is 83.5 Å². The molecule has 1 atom stereocenters. The molecule has 1 unspecified atom stereocenters. The Balaban J connectivity index is 2.68. The molecule has 0 saturated carbocycles. The molecule has 0 aliphatic heterocycles. The van der Waals surface area contributed by atoms with E-state index in [-0.39, 0.29) is 23.1 Å². The monoisotopic (exact) mass is 375 g/mol. The fourth-order valence-corrected chi connectivity index (χ4v) is 4.76. The van der Waals surface area contributed by atoms with Crippen LogP contribution in [0.15, 0.2) is 14.1 Å². The highest BCUT2D eigenvalue weighted by molar-refractivity contribution is 9.11. The first-order valence-corrected chi connectivity index (χ1v) is 8.35. The molecule has 1 aromatic rings. The average Bonchev–Trinajstić information content (AvgIpc) is 2.56. The number of carboxylic acids is 1. The maximum atomic E-state index is 11.9. The standard InChI is InChI=1S/C9H11BrClNO4S2/c1-5(2-7(13)14)4-12-18(15,16)8-3-6(11)9(10)17-8/h3,5,12H,2,4H2,1H3,(H,13,14). The van der Waals surface area contributed by atoms with E-state index in [1.165, 1.54) is 6.07 Å². The summed E-state index contributed by atoms with van der Waals surface area (Å²) in [5.41, 5.74) is 0. The van der Waals surface area contributed by atoms with Crippen molar-refractivity contribution in [2.75, 3.05) is 6.54 Å². The number of thiophene rings is 1. The summed E-state index contributed by atoms with van der Waals surface area (Å²) >= 11 is 9.90.